The molecule has 0 bridgehead atoms. The predicted molar refractivity (Wildman–Crippen MR) is 122 cm³/mol. The van der Waals surface area contributed by atoms with Crippen LogP contribution in [0.3, 0.4) is 0 Å². The molecule has 1 saturated heterocycles. The number of fused-ring (bicyclic) bond motifs is 3. The minimum absolute atomic E-state index is 0.0882. The number of hydrogen-bond acceptors (Lipinski definition) is 6. The summed E-state index contributed by atoms with van der Waals surface area (Å²) in [5.41, 5.74) is 2.37. The highest BCUT2D eigenvalue weighted by Crippen LogP contribution is 2.57. The zero-order chi connectivity index (χ0) is 23.3. The number of esters is 1. The number of benzene rings is 2. The summed E-state index contributed by atoms with van der Waals surface area (Å²) in [6, 6.07) is 12.3. The van der Waals surface area contributed by atoms with Gasteiger partial charge in [-0.2, -0.15) is 0 Å². The largest absolute Gasteiger partial charge is 0.494 e. The lowest BCUT2D eigenvalue weighted by molar-refractivity contribution is 0.0526. The topological polar surface area (TPSA) is 92.0 Å². The van der Waals surface area contributed by atoms with Gasteiger partial charge in [0.15, 0.2) is 5.78 Å². The molecule has 0 saturated carbocycles. The van der Waals surface area contributed by atoms with Gasteiger partial charge in [0.2, 0.25) is 11.8 Å². The first kappa shape index (κ1) is 21.6. The lowest BCUT2D eigenvalue weighted by Gasteiger charge is -2.24. The first-order valence-electron chi connectivity index (χ1n) is 10.9. The number of ether oxygens (including phenoxy) is 1. The monoisotopic (exact) mass is 466 g/mol. The number of carbonyl (C=O) groups is 2. The fraction of sp³-hybridized carbons (Fsp3) is 0.280. The van der Waals surface area contributed by atoms with E-state index in [1.54, 1.807) is 55.5 Å². The quantitative estimate of drug-likeness (QED) is 0.415. The van der Waals surface area contributed by atoms with Crippen molar-refractivity contribution in [2.45, 2.75) is 31.8 Å². The summed E-state index contributed by atoms with van der Waals surface area (Å²) in [5.74, 6) is -0.854. The van der Waals surface area contributed by atoms with Gasteiger partial charge in [-0.05, 0) is 74.8 Å². The van der Waals surface area contributed by atoms with Gasteiger partial charge in [-0.3, -0.25) is 14.3 Å². The Hall–Kier alpha value is -3.29. The standard InChI is InChI=1S/C25H23ClN2O5/c1-2-33-25(32)15-7-11-17(12-8-15)28-23(30)19-18-4-3-13-27(18)21(20(19)24(28)31)22(29)14-5-9-16(26)10-6-14/h5-12,18,21,30-31H,2-4,13H2,1H3. The van der Waals surface area contributed by atoms with Gasteiger partial charge in [0.25, 0.3) is 0 Å². The third kappa shape index (κ3) is 3.39. The van der Waals surface area contributed by atoms with E-state index in [2.05, 4.69) is 4.90 Å². The fourth-order valence-corrected chi connectivity index (χ4v) is 5.14. The van der Waals surface area contributed by atoms with Crippen molar-refractivity contribution in [3.05, 3.63) is 75.8 Å². The molecule has 2 aliphatic heterocycles. The summed E-state index contributed by atoms with van der Waals surface area (Å²) in [7, 11) is 0. The maximum atomic E-state index is 13.5. The Morgan fingerprint density at radius 2 is 1.64 bits per heavy atom. The number of carbonyl (C=O) groups excluding carboxylic acids is 2. The molecule has 5 rings (SSSR count). The third-order valence-electron chi connectivity index (χ3n) is 6.44. The third-order valence-corrected chi connectivity index (χ3v) is 6.69. The first-order valence-corrected chi connectivity index (χ1v) is 11.3. The van der Waals surface area contributed by atoms with Crippen molar-refractivity contribution in [3.8, 4) is 17.4 Å². The minimum Gasteiger partial charge on any atom is -0.494 e. The highest BCUT2D eigenvalue weighted by molar-refractivity contribution is 6.30. The second-order valence-corrected chi connectivity index (χ2v) is 8.68. The van der Waals surface area contributed by atoms with Crippen molar-refractivity contribution >= 4 is 23.4 Å². The van der Waals surface area contributed by atoms with Crippen LogP contribution in [0.1, 0.15) is 63.7 Å². The van der Waals surface area contributed by atoms with Gasteiger partial charge in [-0.1, -0.05) is 11.6 Å². The lowest BCUT2D eigenvalue weighted by atomic mass is 9.97. The summed E-state index contributed by atoms with van der Waals surface area (Å²) in [5, 5.41) is 22.9. The molecule has 2 atom stereocenters. The van der Waals surface area contributed by atoms with E-state index < -0.39 is 12.0 Å². The second-order valence-electron chi connectivity index (χ2n) is 8.25. The lowest BCUT2D eigenvalue weighted by Crippen LogP contribution is -2.28. The molecule has 2 N–H and O–H groups in total. The van der Waals surface area contributed by atoms with Crippen molar-refractivity contribution in [1.82, 2.24) is 9.47 Å². The molecule has 1 aromatic heterocycles. The molecule has 170 valence electrons. The van der Waals surface area contributed by atoms with E-state index in [1.165, 1.54) is 4.57 Å². The smallest absolute Gasteiger partial charge is 0.338 e. The molecule has 2 aromatic carbocycles. The van der Waals surface area contributed by atoms with Crippen LogP contribution in [0.5, 0.6) is 11.8 Å². The van der Waals surface area contributed by atoms with E-state index in [1.807, 2.05) is 0 Å². The zero-order valence-corrected chi connectivity index (χ0v) is 18.7. The number of nitrogens with zero attached hydrogens (tertiary/aromatic N) is 2. The molecular formula is C25H23ClN2O5. The first-order chi connectivity index (χ1) is 15.9. The van der Waals surface area contributed by atoms with Gasteiger partial charge in [0.05, 0.1) is 17.9 Å². The van der Waals surface area contributed by atoms with Crippen molar-refractivity contribution in [2.75, 3.05) is 13.2 Å². The van der Waals surface area contributed by atoms with E-state index in [9.17, 15) is 19.8 Å². The summed E-state index contributed by atoms with van der Waals surface area (Å²) >= 11 is 5.98. The maximum absolute atomic E-state index is 13.5. The fourth-order valence-electron chi connectivity index (χ4n) is 5.01. The average molecular weight is 467 g/mol. The zero-order valence-electron chi connectivity index (χ0n) is 18.0. The highest BCUT2D eigenvalue weighted by atomic mass is 35.5. The van der Waals surface area contributed by atoms with Crippen LogP contribution >= 0.6 is 11.6 Å². The van der Waals surface area contributed by atoms with E-state index in [-0.39, 0.29) is 30.2 Å². The number of halogens is 1. The summed E-state index contributed by atoms with van der Waals surface area (Å²) in [6.45, 7) is 2.71. The Balaban J connectivity index is 1.58. The van der Waals surface area contributed by atoms with Gasteiger partial charge < -0.3 is 14.9 Å². The number of ketones is 1. The molecule has 1 fully saturated rings. The predicted octanol–water partition coefficient (Wildman–Crippen LogP) is 4.79. The average Bonchev–Trinajstić information content (AvgIpc) is 3.46. The molecule has 33 heavy (non-hydrogen) atoms. The summed E-state index contributed by atoms with van der Waals surface area (Å²) in [4.78, 5) is 27.5. The van der Waals surface area contributed by atoms with Gasteiger partial charge in [-0.25, -0.2) is 4.79 Å². The minimum atomic E-state index is -0.695. The molecule has 8 heteroatoms. The molecule has 2 aliphatic rings. The molecule has 0 aliphatic carbocycles. The Bertz CT molecular complexity index is 1230. The molecule has 3 aromatic rings. The normalized spacial score (nSPS) is 19.3. The summed E-state index contributed by atoms with van der Waals surface area (Å²) < 4.78 is 6.34. The van der Waals surface area contributed by atoms with Crippen LogP contribution in [0, 0.1) is 0 Å². The van der Waals surface area contributed by atoms with E-state index in [0.29, 0.717) is 39.5 Å². The van der Waals surface area contributed by atoms with E-state index >= 15 is 0 Å². The SMILES string of the molecule is CCOC(=O)c1ccc(-n2c(O)c3c(c2O)C(C(=O)c2ccc(Cl)cc2)N2CCCC32)cc1. The molecular weight excluding hydrogens is 444 g/mol. The van der Waals surface area contributed by atoms with Crippen molar-refractivity contribution in [3.63, 3.8) is 0 Å². The number of hydrogen-bond donors (Lipinski definition) is 2. The van der Waals surface area contributed by atoms with Crippen molar-refractivity contribution in [1.29, 1.82) is 0 Å². The second kappa shape index (κ2) is 8.24. The Morgan fingerprint density at radius 3 is 2.30 bits per heavy atom. The van der Waals surface area contributed by atoms with E-state index in [0.717, 1.165) is 12.8 Å². The van der Waals surface area contributed by atoms with Gasteiger partial charge in [0, 0.05) is 27.8 Å². The van der Waals surface area contributed by atoms with Crippen molar-refractivity contribution in [2.24, 2.45) is 0 Å². The summed E-state index contributed by atoms with van der Waals surface area (Å²) in [6.07, 6.45) is 1.68. The Labute approximate surface area is 195 Å². The van der Waals surface area contributed by atoms with Crippen molar-refractivity contribution < 1.29 is 24.5 Å². The number of aromatic hydroxyl groups is 2. The Kier molecular flexibility index (Phi) is 5.38. The maximum Gasteiger partial charge on any atom is 0.338 e. The van der Waals surface area contributed by atoms with Crippen LogP contribution in [0.25, 0.3) is 5.69 Å². The number of Topliss-reactive ketones (excluding diaryl/α,β-unsaturated/α-hetero) is 1. The van der Waals surface area contributed by atoms with Gasteiger partial charge >= 0.3 is 5.97 Å². The van der Waals surface area contributed by atoms with E-state index in [4.69, 9.17) is 16.3 Å². The van der Waals surface area contributed by atoms with Gasteiger partial charge in [-0.15, -0.1) is 0 Å². The molecule has 0 radical (unpaired) electrons. The van der Waals surface area contributed by atoms with Crippen LogP contribution in [0.2, 0.25) is 5.02 Å². The van der Waals surface area contributed by atoms with Crippen LogP contribution < -0.4 is 0 Å². The molecule has 0 amide bonds. The number of aromatic nitrogens is 1. The molecule has 3 heterocycles. The molecule has 2 unspecified atom stereocenters. The molecule has 7 nitrogen and oxygen atoms in total. The van der Waals surface area contributed by atoms with Crippen LogP contribution in [-0.4, -0.2) is 44.6 Å². The number of rotatable bonds is 5. The van der Waals surface area contributed by atoms with Crippen LogP contribution in [0.15, 0.2) is 48.5 Å². The molecule has 0 spiro atoms. The van der Waals surface area contributed by atoms with Crippen LogP contribution in [0.4, 0.5) is 0 Å². The van der Waals surface area contributed by atoms with Crippen LogP contribution in [-0.2, 0) is 4.74 Å². The highest BCUT2D eigenvalue weighted by Gasteiger charge is 2.50. The Morgan fingerprint density at radius 1 is 1.00 bits per heavy atom. The van der Waals surface area contributed by atoms with Gasteiger partial charge in [0.1, 0.15) is 6.04 Å².